The second-order valence-corrected chi connectivity index (χ2v) is 2.70. The molecule has 0 atom stereocenters. The van der Waals surface area contributed by atoms with E-state index in [9.17, 15) is 14.5 Å². The van der Waals surface area contributed by atoms with Crippen LogP contribution >= 0.6 is 0 Å². The Morgan fingerprint density at radius 3 is 2.86 bits per heavy atom. The predicted octanol–water partition coefficient (Wildman–Crippen LogP) is -0.971. The highest BCUT2D eigenvalue weighted by atomic mass is 16.3. The van der Waals surface area contributed by atoms with E-state index in [-0.39, 0.29) is 12.4 Å². The van der Waals surface area contributed by atoms with Crippen LogP contribution in [-0.4, -0.2) is 42.8 Å². The van der Waals surface area contributed by atoms with E-state index in [0.717, 1.165) is 0 Å². The Morgan fingerprint density at radius 2 is 2.36 bits per heavy atom. The summed E-state index contributed by atoms with van der Waals surface area (Å²) in [4.78, 5) is 33.8. The first kappa shape index (κ1) is 10.2. The van der Waals surface area contributed by atoms with Crippen molar-refractivity contribution in [2.24, 2.45) is 5.18 Å². The molecule has 0 spiro atoms. The van der Waals surface area contributed by atoms with E-state index in [2.05, 4.69) is 10.5 Å². The number of nitrogens with one attached hydrogen (secondary N) is 1. The Balaban J connectivity index is 2.89. The van der Waals surface area contributed by atoms with E-state index >= 15 is 0 Å². The smallest absolute Gasteiger partial charge is 0.216 e. The van der Waals surface area contributed by atoms with Crippen molar-refractivity contribution in [2.75, 3.05) is 20.3 Å². The minimum Gasteiger partial charge on any atom is -0.351 e. The van der Waals surface area contributed by atoms with Gasteiger partial charge in [0.15, 0.2) is 5.82 Å². The third kappa shape index (κ3) is 1.70. The van der Waals surface area contributed by atoms with E-state index in [1.807, 2.05) is 0 Å². The molecular weight excluding hydrogens is 188 g/mol. The number of rotatable bonds is 5. The maximum Gasteiger partial charge on any atom is 0.216 e. The van der Waals surface area contributed by atoms with E-state index in [1.54, 1.807) is 0 Å². The molecule has 1 rings (SSSR count). The lowest BCUT2D eigenvalue weighted by Crippen LogP contribution is -2.27. The van der Waals surface area contributed by atoms with Gasteiger partial charge in [0.05, 0.1) is 13.2 Å². The van der Waals surface area contributed by atoms with Gasteiger partial charge in [-0.3, -0.25) is 4.79 Å². The fourth-order valence-corrected chi connectivity index (χ4v) is 1.15. The molecule has 0 aromatic heterocycles. The molecule has 0 saturated heterocycles. The number of amides is 1. The second-order valence-electron chi connectivity index (χ2n) is 2.70. The van der Waals surface area contributed by atoms with E-state index < -0.39 is 0 Å². The molecule has 0 radical (unpaired) electrons. The summed E-state index contributed by atoms with van der Waals surface area (Å²) in [5, 5.41) is 5.56. The fraction of sp³-hybridized carbons (Fsp3) is 0.429. The standard InChI is InChI=1S/C7H10N4O3/c1-10(5-13)6-7(9-14)11(2-3-12)4-8-6/h3,5,8H,2,4H2,1H3. The van der Waals surface area contributed by atoms with Crippen LogP contribution in [-0.2, 0) is 9.59 Å². The summed E-state index contributed by atoms with van der Waals surface area (Å²) in [7, 11) is 1.49. The lowest BCUT2D eigenvalue weighted by atomic mass is 10.5. The zero-order valence-electron chi connectivity index (χ0n) is 7.64. The third-order valence-corrected chi connectivity index (χ3v) is 1.84. The third-order valence-electron chi connectivity index (χ3n) is 1.84. The molecule has 1 amide bonds. The van der Waals surface area contributed by atoms with Crippen molar-refractivity contribution in [3.8, 4) is 0 Å². The summed E-state index contributed by atoms with van der Waals surface area (Å²) in [6.45, 7) is 0.373. The highest BCUT2D eigenvalue weighted by molar-refractivity contribution is 5.54. The fourth-order valence-electron chi connectivity index (χ4n) is 1.15. The van der Waals surface area contributed by atoms with E-state index in [0.29, 0.717) is 25.2 Å². The molecule has 1 N–H and O–H groups in total. The first-order valence-electron chi connectivity index (χ1n) is 3.92. The van der Waals surface area contributed by atoms with E-state index in [4.69, 9.17) is 0 Å². The molecule has 7 heteroatoms. The summed E-state index contributed by atoms with van der Waals surface area (Å²) in [6, 6.07) is 0. The van der Waals surface area contributed by atoms with Gasteiger partial charge in [0, 0.05) is 7.05 Å². The van der Waals surface area contributed by atoms with Crippen LogP contribution in [0.3, 0.4) is 0 Å². The highest BCUT2D eigenvalue weighted by Crippen LogP contribution is 2.16. The molecule has 1 aliphatic rings. The van der Waals surface area contributed by atoms with Crippen molar-refractivity contribution < 1.29 is 9.59 Å². The molecular formula is C7H10N4O3. The van der Waals surface area contributed by atoms with Gasteiger partial charge in [0.25, 0.3) is 0 Å². The number of aldehydes is 1. The minimum atomic E-state index is 0.0737. The van der Waals surface area contributed by atoms with Crippen LogP contribution in [0.4, 0.5) is 0 Å². The van der Waals surface area contributed by atoms with Crippen LogP contribution < -0.4 is 5.32 Å². The molecule has 1 heterocycles. The molecule has 0 bridgehead atoms. The molecule has 0 aromatic carbocycles. The second kappa shape index (κ2) is 4.35. The Morgan fingerprint density at radius 1 is 1.64 bits per heavy atom. The number of carbonyl (C=O) groups excluding carboxylic acids is 2. The van der Waals surface area contributed by atoms with Crippen LogP contribution in [0.1, 0.15) is 0 Å². The van der Waals surface area contributed by atoms with Crippen LogP contribution in [0.5, 0.6) is 0 Å². The van der Waals surface area contributed by atoms with Gasteiger partial charge in [-0.05, 0) is 5.18 Å². The minimum absolute atomic E-state index is 0.0737. The van der Waals surface area contributed by atoms with Gasteiger partial charge in [0.2, 0.25) is 12.2 Å². The summed E-state index contributed by atoms with van der Waals surface area (Å²) in [6.07, 6.45) is 1.22. The van der Waals surface area contributed by atoms with Crippen molar-refractivity contribution in [1.29, 1.82) is 0 Å². The van der Waals surface area contributed by atoms with Crippen LogP contribution in [0.25, 0.3) is 0 Å². The molecule has 0 aliphatic carbocycles. The first-order chi connectivity index (χ1) is 6.74. The summed E-state index contributed by atoms with van der Waals surface area (Å²) >= 11 is 0. The predicted molar refractivity (Wildman–Crippen MR) is 47.4 cm³/mol. The van der Waals surface area contributed by atoms with Gasteiger partial charge >= 0.3 is 0 Å². The normalized spacial score (nSPS) is 15.1. The van der Waals surface area contributed by atoms with Crippen molar-refractivity contribution in [2.45, 2.75) is 0 Å². The SMILES string of the molecule is CN(C=O)C1=C(N=O)N(CC=O)CN1. The number of hydrogen-bond acceptors (Lipinski definition) is 6. The molecule has 0 unspecified atom stereocenters. The molecule has 0 saturated carbocycles. The van der Waals surface area contributed by atoms with Crippen molar-refractivity contribution in [1.82, 2.24) is 15.1 Å². The summed E-state index contributed by atoms with van der Waals surface area (Å²) in [5.74, 6) is 0.392. The Kier molecular flexibility index (Phi) is 3.16. The van der Waals surface area contributed by atoms with Gasteiger partial charge in [-0.1, -0.05) is 0 Å². The van der Waals surface area contributed by atoms with Crippen LogP contribution in [0.15, 0.2) is 16.8 Å². The Hall–Kier alpha value is -1.92. The molecule has 76 valence electrons. The summed E-state index contributed by atoms with van der Waals surface area (Å²) in [5.41, 5.74) is 0. The first-order valence-corrected chi connectivity index (χ1v) is 3.92. The van der Waals surface area contributed by atoms with Gasteiger partial charge in [-0.25, -0.2) is 0 Å². The molecule has 14 heavy (non-hydrogen) atoms. The monoisotopic (exact) mass is 198 g/mol. The topological polar surface area (TPSA) is 82.1 Å². The molecule has 0 aromatic rings. The van der Waals surface area contributed by atoms with Crippen LogP contribution in [0, 0.1) is 4.91 Å². The van der Waals surface area contributed by atoms with Gasteiger partial charge < -0.3 is 19.9 Å². The van der Waals surface area contributed by atoms with Gasteiger partial charge in [0.1, 0.15) is 6.29 Å². The maximum atomic E-state index is 10.5. The Bertz CT molecular complexity index is 289. The largest absolute Gasteiger partial charge is 0.351 e. The lowest BCUT2D eigenvalue weighted by molar-refractivity contribution is -0.115. The van der Waals surface area contributed by atoms with E-state index in [1.165, 1.54) is 16.8 Å². The van der Waals surface area contributed by atoms with Crippen LogP contribution in [0.2, 0.25) is 0 Å². The number of carbonyl (C=O) groups is 2. The zero-order chi connectivity index (χ0) is 10.6. The molecule has 1 aliphatic heterocycles. The quantitative estimate of drug-likeness (QED) is 0.454. The summed E-state index contributed by atoms with van der Waals surface area (Å²) < 4.78 is 0. The van der Waals surface area contributed by atoms with Crippen molar-refractivity contribution >= 4 is 12.7 Å². The number of nitroso groups, excluding NO2 is 1. The Labute approximate surface area is 80.3 Å². The maximum absolute atomic E-state index is 10.5. The number of nitrogens with zero attached hydrogens (tertiary/aromatic N) is 3. The average molecular weight is 198 g/mol. The van der Waals surface area contributed by atoms with Crippen molar-refractivity contribution in [3.05, 3.63) is 16.5 Å². The van der Waals surface area contributed by atoms with Gasteiger partial charge in [-0.15, -0.1) is 4.91 Å². The highest BCUT2D eigenvalue weighted by Gasteiger charge is 2.24. The zero-order valence-corrected chi connectivity index (χ0v) is 7.64. The lowest BCUT2D eigenvalue weighted by Gasteiger charge is -2.12. The average Bonchev–Trinajstić information content (AvgIpc) is 2.60. The van der Waals surface area contributed by atoms with Crippen molar-refractivity contribution in [3.63, 3.8) is 0 Å². The van der Waals surface area contributed by atoms with Gasteiger partial charge in [-0.2, -0.15) is 0 Å². The number of hydrogen-bond donors (Lipinski definition) is 1. The molecule has 7 nitrogen and oxygen atoms in total. The molecule has 0 fully saturated rings.